The van der Waals surface area contributed by atoms with Crippen molar-refractivity contribution in [3.05, 3.63) is 29.8 Å². The van der Waals surface area contributed by atoms with Gasteiger partial charge >= 0.3 is 0 Å². The van der Waals surface area contributed by atoms with Crippen molar-refractivity contribution in [1.29, 1.82) is 0 Å². The average Bonchev–Trinajstić information content (AvgIpc) is 2.39. The summed E-state index contributed by atoms with van der Waals surface area (Å²) in [5.41, 5.74) is 1.18. The van der Waals surface area contributed by atoms with Crippen LogP contribution in [0.15, 0.2) is 29.2 Å². The fourth-order valence-corrected chi connectivity index (χ4v) is 3.15. The van der Waals surface area contributed by atoms with E-state index in [2.05, 4.69) is 18.5 Å². The smallest absolute Gasteiger partial charge is 0.0498 e. The summed E-state index contributed by atoms with van der Waals surface area (Å²) in [6.45, 7) is 2.32. The van der Waals surface area contributed by atoms with E-state index in [4.69, 9.17) is 5.11 Å². The zero-order chi connectivity index (χ0) is 14.3. The molecule has 3 atom stereocenters. The second-order valence-electron chi connectivity index (χ2n) is 4.58. The van der Waals surface area contributed by atoms with Gasteiger partial charge in [-0.05, 0) is 37.3 Å². The molecule has 0 saturated heterocycles. The minimum atomic E-state index is -0.924. The third-order valence-electron chi connectivity index (χ3n) is 3.04. The van der Waals surface area contributed by atoms with Gasteiger partial charge < -0.3 is 10.4 Å². The van der Waals surface area contributed by atoms with Crippen LogP contribution in [-0.4, -0.2) is 40.2 Å². The number of thioether (sulfide) groups is 1. The highest BCUT2D eigenvalue weighted by Crippen LogP contribution is 2.16. The quantitative estimate of drug-likeness (QED) is 0.773. The fourth-order valence-electron chi connectivity index (χ4n) is 1.97. The molecular weight excluding hydrogens is 278 g/mol. The molecule has 2 N–H and O–H groups in total. The summed E-state index contributed by atoms with van der Waals surface area (Å²) in [5, 5.41) is 12.6. The first-order valence-corrected chi connectivity index (χ1v) is 9.33. The van der Waals surface area contributed by atoms with Gasteiger partial charge in [0.15, 0.2) is 0 Å². The lowest BCUT2D eigenvalue weighted by molar-refractivity contribution is 0.265. The molecule has 1 rings (SSSR count). The topological polar surface area (TPSA) is 49.3 Å². The van der Waals surface area contributed by atoms with Gasteiger partial charge in [-0.15, -0.1) is 0 Å². The molecule has 0 aromatic heterocycles. The monoisotopic (exact) mass is 301 g/mol. The van der Waals surface area contributed by atoms with Gasteiger partial charge in [0.25, 0.3) is 0 Å². The molecule has 108 valence electrons. The van der Waals surface area contributed by atoms with Gasteiger partial charge in [0, 0.05) is 46.4 Å². The second-order valence-corrected chi connectivity index (χ2v) is 6.87. The van der Waals surface area contributed by atoms with Crippen molar-refractivity contribution < 1.29 is 9.32 Å². The van der Waals surface area contributed by atoms with E-state index in [1.165, 1.54) is 5.56 Å². The average molecular weight is 301 g/mol. The molecule has 0 saturated carbocycles. The molecule has 0 spiro atoms. The molecule has 0 bridgehead atoms. The van der Waals surface area contributed by atoms with Crippen LogP contribution in [0.4, 0.5) is 0 Å². The molecule has 0 amide bonds. The highest BCUT2D eigenvalue weighted by Gasteiger charge is 2.12. The highest BCUT2D eigenvalue weighted by atomic mass is 32.2. The Morgan fingerprint density at radius 2 is 2.00 bits per heavy atom. The Bertz CT molecular complexity index is 389. The SMILES string of the molecule is CSCC(CCO)NC(C)c1ccc(S(C)=O)cc1. The Morgan fingerprint density at radius 1 is 1.37 bits per heavy atom. The van der Waals surface area contributed by atoms with Gasteiger partial charge in [-0.3, -0.25) is 4.21 Å². The van der Waals surface area contributed by atoms with E-state index in [-0.39, 0.29) is 12.6 Å². The molecule has 1 aromatic rings. The zero-order valence-corrected chi connectivity index (χ0v) is 13.4. The minimum absolute atomic E-state index is 0.207. The lowest BCUT2D eigenvalue weighted by Crippen LogP contribution is -2.34. The van der Waals surface area contributed by atoms with Gasteiger partial charge in [-0.1, -0.05) is 12.1 Å². The maximum absolute atomic E-state index is 11.3. The van der Waals surface area contributed by atoms with Crippen LogP contribution < -0.4 is 5.32 Å². The standard InChI is InChI=1S/C14H23NO2S2/c1-11(15-13(8-9-16)10-18-2)12-4-6-14(7-5-12)19(3)17/h4-7,11,13,15-16H,8-10H2,1-3H3. The molecule has 3 unspecified atom stereocenters. The fraction of sp³-hybridized carbons (Fsp3) is 0.571. The molecule has 19 heavy (non-hydrogen) atoms. The minimum Gasteiger partial charge on any atom is -0.396 e. The Balaban J connectivity index is 2.65. The van der Waals surface area contributed by atoms with E-state index in [1.807, 2.05) is 24.3 Å². The van der Waals surface area contributed by atoms with Crippen LogP contribution in [0.5, 0.6) is 0 Å². The normalized spacial score (nSPS) is 16.0. The third-order valence-corrected chi connectivity index (χ3v) is 4.71. The van der Waals surface area contributed by atoms with Gasteiger partial charge in [0.05, 0.1) is 0 Å². The molecule has 3 nitrogen and oxygen atoms in total. The Kier molecular flexibility index (Phi) is 7.68. The number of hydrogen-bond acceptors (Lipinski definition) is 4. The van der Waals surface area contributed by atoms with Crippen LogP contribution >= 0.6 is 11.8 Å². The van der Waals surface area contributed by atoms with E-state index in [1.54, 1.807) is 18.0 Å². The van der Waals surface area contributed by atoms with E-state index < -0.39 is 10.8 Å². The number of aliphatic hydroxyl groups is 1. The summed E-state index contributed by atoms with van der Waals surface area (Å²) in [5.74, 6) is 0.988. The number of rotatable bonds is 8. The molecular formula is C14H23NO2S2. The van der Waals surface area contributed by atoms with Crippen molar-refractivity contribution in [1.82, 2.24) is 5.32 Å². The summed E-state index contributed by atoms with van der Waals surface area (Å²) in [4.78, 5) is 0.854. The van der Waals surface area contributed by atoms with Crippen LogP contribution in [0.1, 0.15) is 24.9 Å². The van der Waals surface area contributed by atoms with Crippen molar-refractivity contribution in [3.63, 3.8) is 0 Å². The Hall–Kier alpha value is -0.360. The van der Waals surface area contributed by atoms with Crippen LogP contribution in [0.25, 0.3) is 0 Å². The number of benzene rings is 1. The predicted molar refractivity (Wildman–Crippen MR) is 84.2 cm³/mol. The molecule has 0 aliphatic heterocycles. The van der Waals surface area contributed by atoms with E-state index in [0.29, 0.717) is 6.04 Å². The third kappa shape index (κ3) is 5.65. The number of aliphatic hydroxyl groups excluding tert-OH is 1. The summed E-state index contributed by atoms with van der Waals surface area (Å²) in [6, 6.07) is 8.41. The van der Waals surface area contributed by atoms with E-state index >= 15 is 0 Å². The lowest BCUT2D eigenvalue weighted by Gasteiger charge is -2.22. The van der Waals surface area contributed by atoms with Gasteiger partial charge in [-0.2, -0.15) is 11.8 Å². The van der Waals surface area contributed by atoms with Gasteiger partial charge in [0.2, 0.25) is 0 Å². The second kappa shape index (κ2) is 8.74. The molecule has 1 aromatic carbocycles. The van der Waals surface area contributed by atoms with Crippen LogP contribution in [0.2, 0.25) is 0 Å². The van der Waals surface area contributed by atoms with Gasteiger partial charge in [0.1, 0.15) is 0 Å². The lowest BCUT2D eigenvalue weighted by atomic mass is 10.1. The van der Waals surface area contributed by atoms with Crippen molar-refractivity contribution in [3.8, 4) is 0 Å². The first kappa shape index (κ1) is 16.7. The molecule has 5 heteroatoms. The first-order valence-electron chi connectivity index (χ1n) is 6.37. The van der Waals surface area contributed by atoms with Crippen molar-refractivity contribution in [2.24, 2.45) is 0 Å². The summed E-state index contributed by atoms with van der Waals surface area (Å²) in [6.07, 6.45) is 4.52. The maximum atomic E-state index is 11.3. The summed E-state index contributed by atoms with van der Waals surface area (Å²) < 4.78 is 11.3. The molecule has 0 aliphatic rings. The van der Waals surface area contributed by atoms with Crippen molar-refractivity contribution >= 4 is 22.6 Å². The number of hydrogen-bond donors (Lipinski definition) is 2. The number of nitrogens with one attached hydrogen (secondary N) is 1. The Labute approximate surface area is 122 Å². The van der Waals surface area contributed by atoms with Crippen molar-refractivity contribution in [2.75, 3.05) is 24.9 Å². The summed E-state index contributed by atoms with van der Waals surface area (Å²) in [7, 11) is -0.924. The molecule has 0 heterocycles. The van der Waals surface area contributed by atoms with Crippen LogP contribution in [0, 0.1) is 0 Å². The van der Waals surface area contributed by atoms with E-state index in [0.717, 1.165) is 17.1 Å². The van der Waals surface area contributed by atoms with Crippen LogP contribution in [0.3, 0.4) is 0 Å². The molecule has 0 radical (unpaired) electrons. The predicted octanol–water partition coefficient (Wildman–Crippen LogP) is 2.19. The highest BCUT2D eigenvalue weighted by molar-refractivity contribution is 7.98. The first-order chi connectivity index (χ1) is 9.08. The molecule has 0 aliphatic carbocycles. The van der Waals surface area contributed by atoms with Gasteiger partial charge in [-0.25, -0.2) is 0 Å². The summed E-state index contributed by atoms with van der Waals surface area (Å²) >= 11 is 1.78. The molecule has 0 fully saturated rings. The Morgan fingerprint density at radius 3 is 2.47 bits per heavy atom. The maximum Gasteiger partial charge on any atom is 0.0498 e. The van der Waals surface area contributed by atoms with Crippen molar-refractivity contribution in [2.45, 2.75) is 30.3 Å². The zero-order valence-electron chi connectivity index (χ0n) is 11.8. The largest absolute Gasteiger partial charge is 0.396 e. The van der Waals surface area contributed by atoms with E-state index in [9.17, 15) is 4.21 Å². The van der Waals surface area contributed by atoms with Crippen LogP contribution in [-0.2, 0) is 10.8 Å².